The van der Waals surface area contributed by atoms with Crippen LogP contribution in [0.4, 0.5) is 0 Å². The molecule has 0 heterocycles. The summed E-state index contributed by atoms with van der Waals surface area (Å²) in [6.45, 7) is 4.32. The van der Waals surface area contributed by atoms with Crippen LogP contribution in [0.1, 0.15) is 55.0 Å². The number of carbonyl (C=O) groups is 3. The van der Waals surface area contributed by atoms with Crippen molar-refractivity contribution in [3.05, 3.63) is 199 Å². The Morgan fingerprint density at radius 2 is 0.807 bits per heavy atom. The van der Waals surface area contributed by atoms with Crippen molar-refractivity contribution in [1.29, 1.82) is 0 Å². The van der Waals surface area contributed by atoms with E-state index in [9.17, 15) is 14.4 Å². The topological polar surface area (TPSA) is 129 Å². The Kier molecular flexibility index (Phi) is 22.3. The maximum atomic E-state index is 12.0. The van der Waals surface area contributed by atoms with Gasteiger partial charge in [-0.25, -0.2) is 9.59 Å². The number of hydrogen-bond donors (Lipinski definition) is 2. The first-order valence-electron chi connectivity index (χ1n) is 17.8. The zero-order valence-corrected chi connectivity index (χ0v) is 32.7. The second kappa shape index (κ2) is 27.2. The van der Waals surface area contributed by atoms with Crippen LogP contribution in [0.2, 0.25) is 0 Å². The van der Waals surface area contributed by atoms with E-state index < -0.39 is 18.2 Å². The lowest BCUT2D eigenvalue weighted by Crippen LogP contribution is -2.21. The predicted octanol–water partition coefficient (Wildman–Crippen LogP) is 11.0. The van der Waals surface area contributed by atoms with Crippen molar-refractivity contribution < 1.29 is 43.5 Å². The lowest BCUT2D eigenvalue weighted by Gasteiger charge is -2.17. The Bertz CT molecular complexity index is 1950. The summed E-state index contributed by atoms with van der Waals surface area (Å²) in [6, 6.07) is 54.6. The van der Waals surface area contributed by atoms with Crippen LogP contribution in [-0.4, -0.2) is 41.3 Å². The van der Waals surface area contributed by atoms with E-state index >= 15 is 0 Å². The van der Waals surface area contributed by atoms with Crippen molar-refractivity contribution >= 4 is 33.8 Å². The number of carbonyl (C=O) groups excluding carboxylic acids is 2. The van der Waals surface area contributed by atoms with E-state index in [0.717, 1.165) is 11.1 Å². The number of esters is 2. The van der Waals surface area contributed by atoms with Gasteiger partial charge in [0.1, 0.15) is 22.1 Å². The van der Waals surface area contributed by atoms with Crippen LogP contribution in [0.5, 0.6) is 17.2 Å². The average Bonchev–Trinajstić information content (AvgIpc) is 3.24. The Labute approximate surface area is 343 Å². The summed E-state index contributed by atoms with van der Waals surface area (Å²) in [5.41, 5.74) is 2.33. The minimum absolute atomic E-state index is 0. The molecule has 0 spiro atoms. The number of ether oxygens (including phenoxy) is 4. The molecule has 0 amide bonds. The second-order valence-corrected chi connectivity index (χ2v) is 12.3. The standard InChI is InChI=1S/C16H16O3.C14H12O3.C10H11BrO2.C6H6O.CH4/c1-2-18-16(17)15(13-9-5-3-6-10-13)19-14-11-7-4-8-12-14;15-14(16)13(11-7-3-1-4-8-11)17-12-9-5-2-6-10-12;1-2-13-10(12)9(11)8-6-4-3-5-7-8;7-6-4-2-1-3-5-6;/h3-12,15H,2H2,1H3;1-10,13H,(H,15,16);3-7,9H,2H2,1H3;1-5,7H;1H4. The maximum Gasteiger partial charge on any atom is 0.352 e. The molecule has 0 bridgehead atoms. The van der Waals surface area contributed by atoms with Gasteiger partial charge in [-0.05, 0) is 55.8 Å². The minimum Gasteiger partial charge on any atom is -0.508 e. The number of benzene rings is 6. The predicted molar refractivity (Wildman–Crippen MR) is 226 cm³/mol. The fraction of sp³-hybridized carbons (Fsp3) is 0.170. The number of hydrogen-bond acceptors (Lipinski definition) is 8. The molecule has 0 saturated carbocycles. The van der Waals surface area contributed by atoms with Crippen LogP contribution < -0.4 is 9.47 Å². The number of phenolic OH excluding ortho intramolecular Hbond substituents is 1. The Morgan fingerprint density at radius 3 is 1.16 bits per heavy atom. The smallest absolute Gasteiger partial charge is 0.352 e. The van der Waals surface area contributed by atoms with E-state index in [1.165, 1.54) is 0 Å². The van der Waals surface area contributed by atoms with Gasteiger partial charge < -0.3 is 29.2 Å². The Hall–Kier alpha value is -6.39. The number of aliphatic carboxylic acids is 1. The van der Waals surface area contributed by atoms with Gasteiger partial charge in [-0.3, -0.25) is 4.79 Å². The monoisotopic (exact) mass is 836 g/mol. The average molecular weight is 838 g/mol. The molecule has 3 atom stereocenters. The van der Waals surface area contributed by atoms with Crippen molar-refractivity contribution in [2.45, 2.75) is 38.3 Å². The number of carboxylic acid groups (broad SMARTS) is 1. The summed E-state index contributed by atoms with van der Waals surface area (Å²) in [5.74, 6) is -0.109. The molecule has 6 aromatic carbocycles. The molecule has 0 saturated heterocycles. The molecule has 6 rings (SSSR count). The van der Waals surface area contributed by atoms with Gasteiger partial charge >= 0.3 is 17.9 Å². The molecule has 0 aliphatic rings. The van der Waals surface area contributed by atoms with Crippen LogP contribution in [0.25, 0.3) is 0 Å². The first kappa shape index (κ1) is 46.8. The summed E-state index contributed by atoms with van der Waals surface area (Å²) in [7, 11) is 0. The quantitative estimate of drug-likeness (QED) is 0.0914. The van der Waals surface area contributed by atoms with Gasteiger partial charge in [0.25, 0.3) is 0 Å². The van der Waals surface area contributed by atoms with Crippen molar-refractivity contribution in [2.75, 3.05) is 13.2 Å². The number of alkyl halides is 1. The van der Waals surface area contributed by atoms with Crippen molar-refractivity contribution in [2.24, 2.45) is 0 Å². The minimum atomic E-state index is -1.000. The summed E-state index contributed by atoms with van der Waals surface area (Å²) in [5, 5.41) is 17.8. The molecule has 0 aliphatic heterocycles. The van der Waals surface area contributed by atoms with E-state index in [0.29, 0.717) is 36.0 Å². The molecule has 2 N–H and O–H groups in total. The molecule has 298 valence electrons. The highest BCUT2D eigenvalue weighted by Gasteiger charge is 2.24. The lowest BCUT2D eigenvalue weighted by molar-refractivity contribution is -0.152. The molecule has 0 aromatic heterocycles. The van der Waals surface area contributed by atoms with Crippen molar-refractivity contribution in [3.8, 4) is 17.2 Å². The number of phenols is 1. The first-order chi connectivity index (χ1) is 27.2. The number of aromatic hydroxyl groups is 1. The third-order valence-corrected chi connectivity index (χ3v) is 8.17. The largest absolute Gasteiger partial charge is 0.508 e. The highest BCUT2D eigenvalue weighted by atomic mass is 79.9. The third kappa shape index (κ3) is 17.7. The van der Waals surface area contributed by atoms with Crippen LogP contribution in [0, 0.1) is 0 Å². The van der Waals surface area contributed by atoms with E-state index in [1.54, 1.807) is 86.6 Å². The molecule has 3 unspecified atom stereocenters. The van der Waals surface area contributed by atoms with Crippen LogP contribution >= 0.6 is 15.9 Å². The van der Waals surface area contributed by atoms with Crippen LogP contribution in [0.3, 0.4) is 0 Å². The molecule has 57 heavy (non-hydrogen) atoms. The first-order valence-corrected chi connectivity index (χ1v) is 18.7. The fourth-order valence-electron chi connectivity index (χ4n) is 4.66. The molecular weight excluding hydrogens is 788 g/mol. The van der Waals surface area contributed by atoms with E-state index in [-0.39, 0.29) is 24.2 Å². The maximum absolute atomic E-state index is 12.0. The normalized spacial score (nSPS) is 11.2. The number of rotatable bonds is 12. The SMILES string of the molecule is C.CCOC(=O)C(Br)c1ccccc1.CCOC(=O)C(Oc1ccccc1)c1ccccc1.O=C(O)C(Oc1ccccc1)c1ccccc1.Oc1ccccc1. The number of halogens is 1. The molecule has 0 radical (unpaired) electrons. The number of para-hydroxylation sites is 3. The fourth-order valence-corrected chi connectivity index (χ4v) is 5.10. The van der Waals surface area contributed by atoms with Crippen LogP contribution in [0.15, 0.2) is 182 Å². The third-order valence-electron chi connectivity index (χ3n) is 7.27. The highest BCUT2D eigenvalue weighted by Crippen LogP contribution is 2.25. The summed E-state index contributed by atoms with van der Waals surface area (Å²) in [6.07, 6.45) is -1.71. The lowest BCUT2D eigenvalue weighted by atomic mass is 10.1. The molecular formula is C47H49BrO9. The zero-order valence-electron chi connectivity index (χ0n) is 31.1. The molecule has 0 fully saturated rings. The zero-order chi connectivity index (χ0) is 40.4. The van der Waals surface area contributed by atoms with E-state index in [1.807, 2.05) is 109 Å². The number of carboxylic acids is 1. The Balaban J connectivity index is 0.000000273. The van der Waals surface area contributed by atoms with Gasteiger partial charge in [0.05, 0.1) is 13.2 Å². The van der Waals surface area contributed by atoms with Gasteiger partial charge in [0.2, 0.25) is 12.2 Å². The van der Waals surface area contributed by atoms with Crippen molar-refractivity contribution in [3.63, 3.8) is 0 Å². The second-order valence-electron chi connectivity index (χ2n) is 11.4. The van der Waals surface area contributed by atoms with Gasteiger partial charge in [0, 0.05) is 11.1 Å². The molecule has 9 nitrogen and oxygen atoms in total. The summed E-state index contributed by atoms with van der Waals surface area (Å²) >= 11 is 3.28. The van der Waals surface area contributed by atoms with Gasteiger partial charge in [-0.15, -0.1) is 0 Å². The van der Waals surface area contributed by atoms with E-state index in [4.69, 9.17) is 29.2 Å². The summed E-state index contributed by atoms with van der Waals surface area (Å²) in [4.78, 5) is 34.1. The highest BCUT2D eigenvalue weighted by molar-refractivity contribution is 9.09. The Morgan fingerprint density at radius 1 is 0.491 bits per heavy atom. The van der Waals surface area contributed by atoms with Crippen LogP contribution in [-0.2, 0) is 23.9 Å². The molecule has 10 heteroatoms. The molecule has 6 aromatic rings. The van der Waals surface area contributed by atoms with Crippen molar-refractivity contribution in [1.82, 2.24) is 0 Å². The van der Waals surface area contributed by atoms with Gasteiger partial charge in [0.15, 0.2) is 0 Å². The summed E-state index contributed by atoms with van der Waals surface area (Å²) < 4.78 is 21.1. The molecule has 0 aliphatic carbocycles. The van der Waals surface area contributed by atoms with E-state index in [2.05, 4.69) is 15.9 Å². The van der Waals surface area contributed by atoms with Gasteiger partial charge in [-0.1, -0.05) is 169 Å². The van der Waals surface area contributed by atoms with Gasteiger partial charge in [-0.2, -0.15) is 0 Å².